The predicted molar refractivity (Wildman–Crippen MR) is 84.7 cm³/mol. The summed E-state index contributed by atoms with van der Waals surface area (Å²) < 4.78 is 19.7. The molecule has 0 aliphatic carbocycles. The third-order valence-corrected chi connectivity index (χ3v) is 4.02. The maximum atomic E-state index is 12.8. The van der Waals surface area contributed by atoms with Gasteiger partial charge in [-0.25, -0.2) is 9.07 Å². The van der Waals surface area contributed by atoms with Gasteiger partial charge in [-0.05, 0) is 35.9 Å². The van der Waals surface area contributed by atoms with Crippen molar-refractivity contribution in [3.63, 3.8) is 0 Å². The van der Waals surface area contributed by atoms with Crippen LogP contribution in [0.3, 0.4) is 0 Å². The van der Waals surface area contributed by atoms with Crippen molar-refractivity contribution < 1.29 is 9.13 Å². The number of benzene rings is 1. The van der Waals surface area contributed by atoms with Crippen molar-refractivity contribution >= 4 is 11.8 Å². The molecule has 1 aromatic carbocycles. The normalized spacial score (nSPS) is 10.7. The number of rotatable bonds is 6. The lowest BCUT2D eigenvalue weighted by molar-refractivity contribution is 0.291. The van der Waals surface area contributed by atoms with Gasteiger partial charge in [0, 0.05) is 18.1 Å². The zero-order valence-corrected chi connectivity index (χ0v) is 12.9. The molecule has 0 aliphatic heterocycles. The van der Waals surface area contributed by atoms with Gasteiger partial charge in [-0.1, -0.05) is 17.8 Å². The molecular weight excluding hydrogens is 317 g/mol. The van der Waals surface area contributed by atoms with Gasteiger partial charge in [-0.3, -0.25) is 4.98 Å². The summed E-state index contributed by atoms with van der Waals surface area (Å²) >= 11 is 1.46. The number of nitrogens with zero attached hydrogens (tertiary/aromatic N) is 4. The van der Waals surface area contributed by atoms with Crippen LogP contribution in [0.4, 0.5) is 4.39 Å². The SMILES string of the molecule is Nn1c(COc2ccc(F)cc2)nnc1SCc1cccnc1. The molecule has 23 heavy (non-hydrogen) atoms. The topological polar surface area (TPSA) is 78.9 Å². The van der Waals surface area contributed by atoms with Gasteiger partial charge in [0.25, 0.3) is 0 Å². The molecule has 6 nitrogen and oxygen atoms in total. The summed E-state index contributed by atoms with van der Waals surface area (Å²) in [6.07, 6.45) is 3.52. The van der Waals surface area contributed by atoms with E-state index in [0.29, 0.717) is 22.5 Å². The van der Waals surface area contributed by atoms with Crippen molar-refractivity contribution in [2.24, 2.45) is 0 Å². The summed E-state index contributed by atoms with van der Waals surface area (Å²) in [5.74, 6) is 7.39. The molecule has 3 rings (SSSR count). The Morgan fingerprint density at radius 2 is 2.00 bits per heavy atom. The summed E-state index contributed by atoms with van der Waals surface area (Å²) in [7, 11) is 0. The van der Waals surface area contributed by atoms with Crippen LogP contribution in [0.2, 0.25) is 0 Å². The number of pyridine rings is 1. The molecule has 0 aliphatic rings. The van der Waals surface area contributed by atoms with E-state index in [9.17, 15) is 4.39 Å². The summed E-state index contributed by atoms with van der Waals surface area (Å²) in [5, 5.41) is 8.65. The van der Waals surface area contributed by atoms with E-state index in [2.05, 4.69) is 15.2 Å². The van der Waals surface area contributed by atoms with Crippen LogP contribution < -0.4 is 10.6 Å². The molecule has 0 saturated heterocycles. The van der Waals surface area contributed by atoms with Gasteiger partial charge in [-0.15, -0.1) is 10.2 Å². The Balaban J connectivity index is 1.59. The minimum absolute atomic E-state index is 0.155. The zero-order valence-electron chi connectivity index (χ0n) is 12.1. The molecule has 118 valence electrons. The Bertz CT molecular complexity index is 763. The average Bonchev–Trinajstić information content (AvgIpc) is 2.93. The molecule has 0 saturated carbocycles. The van der Waals surface area contributed by atoms with E-state index in [1.165, 1.54) is 28.6 Å². The highest BCUT2D eigenvalue weighted by Crippen LogP contribution is 2.20. The van der Waals surface area contributed by atoms with E-state index in [4.69, 9.17) is 10.6 Å². The third-order valence-electron chi connectivity index (χ3n) is 3.01. The highest BCUT2D eigenvalue weighted by molar-refractivity contribution is 7.98. The predicted octanol–water partition coefficient (Wildman–Crippen LogP) is 2.40. The lowest BCUT2D eigenvalue weighted by Crippen LogP contribution is -2.15. The van der Waals surface area contributed by atoms with Crippen molar-refractivity contribution in [3.8, 4) is 5.75 Å². The third kappa shape index (κ3) is 3.98. The quantitative estimate of drug-likeness (QED) is 0.552. The maximum absolute atomic E-state index is 12.8. The molecule has 0 bridgehead atoms. The molecule has 8 heteroatoms. The Labute approximate surface area is 136 Å². The summed E-state index contributed by atoms with van der Waals surface area (Å²) in [6, 6.07) is 9.62. The molecule has 2 N–H and O–H groups in total. The largest absolute Gasteiger partial charge is 0.486 e. The molecular formula is C15H14FN5OS. The van der Waals surface area contributed by atoms with Gasteiger partial charge in [0.2, 0.25) is 5.16 Å². The Morgan fingerprint density at radius 3 is 2.74 bits per heavy atom. The fraction of sp³-hybridized carbons (Fsp3) is 0.133. The van der Waals surface area contributed by atoms with Gasteiger partial charge in [0.15, 0.2) is 5.82 Å². The Hall–Kier alpha value is -2.61. The van der Waals surface area contributed by atoms with Crippen LogP contribution in [-0.4, -0.2) is 19.9 Å². The number of halogens is 1. The molecule has 2 heterocycles. The van der Waals surface area contributed by atoms with Crippen molar-refractivity contribution in [2.75, 3.05) is 5.84 Å². The van der Waals surface area contributed by atoms with Crippen molar-refractivity contribution in [1.82, 2.24) is 19.9 Å². The minimum Gasteiger partial charge on any atom is -0.486 e. The van der Waals surface area contributed by atoms with Gasteiger partial charge in [0.05, 0.1) is 0 Å². The van der Waals surface area contributed by atoms with Crippen LogP contribution in [0.25, 0.3) is 0 Å². The monoisotopic (exact) mass is 331 g/mol. The number of aromatic nitrogens is 4. The van der Waals surface area contributed by atoms with E-state index in [1.807, 2.05) is 12.1 Å². The van der Waals surface area contributed by atoms with Gasteiger partial charge < -0.3 is 10.6 Å². The standard InChI is InChI=1S/C15H14FN5OS/c16-12-3-5-13(6-4-12)22-9-14-19-20-15(21(14)17)23-10-11-2-1-7-18-8-11/h1-8H,9-10,17H2. The molecule has 0 unspecified atom stereocenters. The Kier molecular flexibility index (Phi) is 4.72. The van der Waals surface area contributed by atoms with Gasteiger partial charge in [-0.2, -0.15) is 0 Å². The molecule has 0 radical (unpaired) electrons. The average molecular weight is 331 g/mol. The van der Waals surface area contributed by atoms with Crippen LogP contribution in [0.5, 0.6) is 5.75 Å². The van der Waals surface area contributed by atoms with E-state index >= 15 is 0 Å². The van der Waals surface area contributed by atoms with Crippen LogP contribution in [-0.2, 0) is 12.4 Å². The molecule has 2 aromatic heterocycles. The number of hydrogen-bond acceptors (Lipinski definition) is 6. The summed E-state index contributed by atoms with van der Waals surface area (Å²) in [6.45, 7) is 0.155. The van der Waals surface area contributed by atoms with Crippen molar-refractivity contribution in [2.45, 2.75) is 17.5 Å². The molecule has 3 aromatic rings. The maximum Gasteiger partial charge on any atom is 0.210 e. The number of nitrogens with two attached hydrogens (primary N) is 1. The molecule has 0 spiro atoms. The molecule has 0 fully saturated rings. The van der Waals surface area contributed by atoms with Crippen molar-refractivity contribution in [3.05, 3.63) is 66.0 Å². The number of hydrogen-bond donors (Lipinski definition) is 1. The van der Waals surface area contributed by atoms with Gasteiger partial charge >= 0.3 is 0 Å². The van der Waals surface area contributed by atoms with Crippen LogP contribution in [0, 0.1) is 5.82 Å². The van der Waals surface area contributed by atoms with Crippen LogP contribution in [0.1, 0.15) is 11.4 Å². The summed E-state index contributed by atoms with van der Waals surface area (Å²) in [4.78, 5) is 4.06. The minimum atomic E-state index is -0.312. The fourth-order valence-electron chi connectivity index (χ4n) is 1.81. The first kappa shape index (κ1) is 15.3. The second-order valence-corrected chi connectivity index (χ2v) is 5.60. The lowest BCUT2D eigenvalue weighted by atomic mass is 10.3. The second-order valence-electron chi connectivity index (χ2n) is 4.66. The van der Waals surface area contributed by atoms with Crippen LogP contribution in [0.15, 0.2) is 53.9 Å². The van der Waals surface area contributed by atoms with E-state index in [-0.39, 0.29) is 12.4 Å². The first-order valence-electron chi connectivity index (χ1n) is 6.82. The van der Waals surface area contributed by atoms with Gasteiger partial charge in [0.1, 0.15) is 18.2 Å². The second kappa shape index (κ2) is 7.10. The smallest absolute Gasteiger partial charge is 0.210 e. The first-order chi connectivity index (χ1) is 11.2. The van der Waals surface area contributed by atoms with E-state index in [0.717, 1.165) is 5.56 Å². The lowest BCUT2D eigenvalue weighted by Gasteiger charge is -2.06. The molecule has 0 amide bonds. The summed E-state index contributed by atoms with van der Waals surface area (Å²) in [5.41, 5.74) is 1.07. The highest BCUT2D eigenvalue weighted by atomic mass is 32.2. The molecule has 0 atom stereocenters. The zero-order chi connectivity index (χ0) is 16.1. The van der Waals surface area contributed by atoms with Crippen molar-refractivity contribution in [1.29, 1.82) is 0 Å². The number of ether oxygens (including phenoxy) is 1. The first-order valence-corrected chi connectivity index (χ1v) is 7.80. The van der Waals surface area contributed by atoms with Crippen LogP contribution >= 0.6 is 11.8 Å². The highest BCUT2D eigenvalue weighted by Gasteiger charge is 2.11. The Morgan fingerprint density at radius 1 is 1.17 bits per heavy atom. The number of thioether (sulfide) groups is 1. The van der Waals surface area contributed by atoms with E-state index in [1.54, 1.807) is 24.5 Å². The fourth-order valence-corrected chi connectivity index (χ4v) is 2.62. The van der Waals surface area contributed by atoms with E-state index < -0.39 is 0 Å². The number of nitrogen functional groups attached to an aromatic ring is 1.